The molecule has 1 aliphatic rings. The molecule has 1 aliphatic carbocycles. The van der Waals surface area contributed by atoms with Crippen molar-refractivity contribution in [2.75, 3.05) is 6.26 Å². The summed E-state index contributed by atoms with van der Waals surface area (Å²) in [5.74, 6) is 0.693. The van der Waals surface area contributed by atoms with Gasteiger partial charge in [-0.15, -0.1) is 0 Å². The van der Waals surface area contributed by atoms with Crippen LogP contribution in [-0.4, -0.2) is 6.26 Å². The normalized spacial score (nSPS) is 17.3. The van der Waals surface area contributed by atoms with Crippen molar-refractivity contribution in [2.45, 2.75) is 44.6 Å². The van der Waals surface area contributed by atoms with Crippen molar-refractivity contribution in [1.82, 2.24) is 4.72 Å². The van der Waals surface area contributed by atoms with Gasteiger partial charge >= 0.3 is 0 Å². The highest BCUT2D eigenvalue weighted by Gasteiger charge is 2.17. The van der Waals surface area contributed by atoms with Crippen molar-refractivity contribution in [3.63, 3.8) is 0 Å². The van der Waals surface area contributed by atoms with Crippen LogP contribution in [0.25, 0.3) is 0 Å². The van der Waals surface area contributed by atoms with Crippen LogP contribution in [0.15, 0.2) is 18.2 Å². The molecule has 1 fully saturated rings. The molecule has 0 bridgehead atoms. The molecule has 1 aromatic carbocycles. The van der Waals surface area contributed by atoms with E-state index in [0.717, 1.165) is 11.6 Å². The average Bonchev–Trinajstić information content (AvgIpc) is 2.37. The molecule has 1 N–H and O–H groups in total. The van der Waals surface area contributed by atoms with E-state index in [-0.39, 0.29) is 0 Å². The van der Waals surface area contributed by atoms with Crippen LogP contribution in [0, 0.1) is 0 Å². The van der Waals surface area contributed by atoms with Crippen LogP contribution in [0.1, 0.15) is 49.1 Å². The number of hydrogen-bond acceptors (Lipinski definition) is 2. The molecule has 1 nitrogen and oxygen atoms in total. The molecule has 3 heteroatoms. The summed E-state index contributed by atoms with van der Waals surface area (Å²) in [4.78, 5) is 0. The third-order valence-electron chi connectivity index (χ3n) is 3.53. The molecule has 0 heterocycles. The molecule has 17 heavy (non-hydrogen) atoms. The highest BCUT2D eigenvalue weighted by molar-refractivity contribution is 7.96. The van der Waals surface area contributed by atoms with Crippen LogP contribution < -0.4 is 4.72 Å². The summed E-state index contributed by atoms with van der Waals surface area (Å²) < 4.78 is 3.25. The van der Waals surface area contributed by atoms with Gasteiger partial charge in [0.15, 0.2) is 0 Å². The summed E-state index contributed by atoms with van der Waals surface area (Å²) in [7, 11) is 0. The Balaban J connectivity index is 2.07. The van der Waals surface area contributed by atoms with E-state index >= 15 is 0 Å². The number of nitrogens with one attached hydrogen (secondary N) is 1. The van der Waals surface area contributed by atoms with Crippen molar-refractivity contribution < 1.29 is 0 Å². The lowest BCUT2D eigenvalue weighted by Crippen LogP contribution is -2.06. The van der Waals surface area contributed by atoms with Gasteiger partial charge in [0.2, 0.25) is 0 Å². The second-order valence-corrected chi connectivity index (χ2v) is 5.82. The first-order valence-corrected chi connectivity index (χ1v) is 7.95. The van der Waals surface area contributed by atoms with Gasteiger partial charge in [-0.05, 0) is 42.2 Å². The first-order chi connectivity index (χ1) is 8.31. The lowest BCUT2D eigenvalue weighted by Gasteiger charge is -2.23. The van der Waals surface area contributed by atoms with E-state index in [2.05, 4.69) is 22.9 Å². The molecule has 1 saturated carbocycles. The zero-order valence-electron chi connectivity index (χ0n) is 10.3. The molecular weight excluding hydrogens is 250 g/mol. The van der Waals surface area contributed by atoms with E-state index < -0.39 is 0 Å². The fourth-order valence-electron chi connectivity index (χ4n) is 2.58. The zero-order valence-corrected chi connectivity index (χ0v) is 11.9. The number of rotatable bonds is 4. The second kappa shape index (κ2) is 6.67. The van der Waals surface area contributed by atoms with Gasteiger partial charge in [0, 0.05) is 11.6 Å². The van der Waals surface area contributed by atoms with Gasteiger partial charge in [-0.1, -0.05) is 54.9 Å². The Morgan fingerprint density at radius 1 is 1.29 bits per heavy atom. The number of hydrogen-bond donors (Lipinski definition) is 1. The van der Waals surface area contributed by atoms with Crippen LogP contribution in [0.2, 0.25) is 5.02 Å². The highest BCUT2D eigenvalue weighted by Crippen LogP contribution is 2.36. The van der Waals surface area contributed by atoms with Gasteiger partial charge in [0.1, 0.15) is 0 Å². The molecule has 94 valence electrons. The Kier molecular flexibility index (Phi) is 5.20. The largest absolute Gasteiger partial charge is 0.260 e. The van der Waals surface area contributed by atoms with Crippen LogP contribution in [0.5, 0.6) is 0 Å². The van der Waals surface area contributed by atoms with Crippen molar-refractivity contribution >= 4 is 23.5 Å². The summed E-state index contributed by atoms with van der Waals surface area (Å²) in [5, 5.41) is 0.956. The number of benzene rings is 1. The molecule has 0 atom stereocenters. The van der Waals surface area contributed by atoms with Gasteiger partial charge in [-0.25, -0.2) is 0 Å². The first-order valence-electron chi connectivity index (χ1n) is 6.35. The maximum atomic E-state index is 6.41. The Bertz CT molecular complexity index is 361. The summed E-state index contributed by atoms with van der Waals surface area (Å²) in [5.41, 5.74) is 2.63. The van der Waals surface area contributed by atoms with Crippen molar-refractivity contribution in [2.24, 2.45) is 0 Å². The predicted molar refractivity (Wildman–Crippen MR) is 77.6 cm³/mol. The van der Waals surface area contributed by atoms with Gasteiger partial charge in [0.05, 0.1) is 0 Å². The quantitative estimate of drug-likeness (QED) is 0.792. The minimum absolute atomic E-state index is 0.693. The molecule has 0 radical (unpaired) electrons. The van der Waals surface area contributed by atoms with E-state index in [1.807, 2.05) is 6.26 Å². The van der Waals surface area contributed by atoms with E-state index in [0.29, 0.717) is 5.92 Å². The summed E-state index contributed by atoms with van der Waals surface area (Å²) in [6.07, 6.45) is 8.76. The smallest absolute Gasteiger partial charge is 0.0444 e. The molecule has 0 saturated heterocycles. The molecule has 1 aromatic rings. The third kappa shape index (κ3) is 3.64. The summed E-state index contributed by atoms with van der Waals surface area (Å²) in [6, 6.07) is 6.56. The molecule has 0 spiro atoms. The van der Waals surface area contributed by atoms with Crippen molar-refractivity contribution in [3.8, 4) is 0 Å². The van der Waals surface area contributed by atoms with Crippen LogP contribution in [-0.2, 0) is 6.54 Å². The minimum atomic E-state index is 0.693. The maximum absolute atomic E-state index is 6.41. The Morgan fingerprint density at radius 2 is 2.06 bits per heavy atom. The molecule has 0 aromatic heterocycles. The fraction of sp³-hybridized carbons (Fsp3) is 0.571. The fourth-order valence-corrected chi connectivity index (χ4v) is 3.25. The van der Waals surface area contributed by atoms with Gasteiger partial charge in [-0.3, -0.25) is 4.72 Å². The van der Waals surface area contributed by atoms with E-state index in [1.54, 1.807) is 11.9 Å². The second-order valence-electron chi connectivity index (χ2n) is 4.72. The van der Waals surface area contributed by atoms with Crippen LogP contribution in [0.3, 0.4) is 0 Å². The summed E-state index contributed by atoms with van der Waals surface area (Å²) >= 11 is 8.05. The molecule has 2 rings (SSSR count). The minimum Gasteiger partial charge on any atom is -0.260 e. The zero-order chi connectivity index (χ0) is 12.1. The third-order valence-corrected chi connectivity index (χ3v) is 4.29. The molecular formula is C14H20ClNS. The molecule has 0 unspecified atom stereocenters. The summed E-state index contributed by atoms with van der Waals surface area (Å²) in [6.45, 7) is 0.881. The van der Waals surface area contributed by atoms with E-state index in [1.165, 1.54) is 43.2 Å². The molecule has 0 amide bonds. The standard InChI is InChI=1S/C14H20ClNS/c1-17-16-10-11-7-8-13(14(15)9-11)12-5-3-2-4-6-12/h7-9,12,16H,2-6,10H2,1H3. The predicted octanol–water partition coefficient (Wildman–Crippen LogP) is 4.76. The average molecular weight is 270 g/mol. The number of halogens is 1. The Morgan fingerprint density at radius 3 is 2.71 bits per heavy atom. The van der Waals surface area contributed by atoms with E-state index in [4.69, 9.17) is 11.6 Å². The highest BCUT2D eigenvalue weighted by atomic mass is 35.5. The van der Waals surface area contributed by atoms with Crippen LogP contribution in [0.4, 0.5) is 0 Å². The topological polar surface area (TPSA) is 12.0 Å². The van der Waals surface area contributed by atoms with Gasteiger partial charge in [-0.2, -0.15) is 0 Å². The van der Waals surface area contributed by atoms with Gasteiger partial charge in [0.25, 0.3) is 0 Å². The lowest BCUT2D eigenvalue weighted by molar-refractivity contribution is 0.443. The first kappa shape index (κ1) is 13.3. The Hall–Kier alpha value is -0.180. The SMILES string of the molecule is CSNCc1ccc(C2CCCCC2)c(Cl)c1. The van der Waals surface area contributed by atoms with Gasteiger partial charge < -0.3 is 0 Å². The maximum Gasteiger partial charge on any atom is 0.0444 e. The van der Waals surface area contributed by atoms with E-state index in [9.17, 15) is 0 Å². The van der Waals surface area contributed by atoms with Crippen LogP contribution >= 0.6 is 23.5 Å². The monoisotopic (exact) mass is 269 g/mol. The Labute approximate surface area is 113 Å². The molecule has 0 aliphatic heterocycles. The lowest BCUT2D eigenvalue weighted by atomic mass is 9.84. The van der Waals surface area contributed by atoms with Crippen molar-refractivity contribution in [1.29, 1.82) is 0 Å². The van der Waals surface area contributed by atoms with Crippen molar-refractivity contribution in [3.05, 3.63) is 34.3 Å².